The highest BCUT2D eigenvalue weighted by molar-refractivity contribution is 5.94. The summed E-state index contributed by atoms with van der Waals surface area (Å²) in [6.07, 6.45) is 4.76. The van der Waals surface area contributed by atoms with E-state index in [4.69, 9.17) is 8.94 Å². The van der Waals surface area contributed by atoms with Gasteiger partial charge in [0.25, 0.3) is 10.8 Å². The van der Waals surface area contributed by atoms with Gasteiger partial charge in [-0.2, -0.15) is 0 Å². The van der Waals surface area contributed by atoms with E-state index in [9.17, 15) is 14.5 Å². The number of Topliss-reactive ketones (excluding diaryl/α,β-unsaturated/α-hetero) is 1. The number of hydrogen-bond acceptors (Lipinski definition) is 8. The van der Waals surface area contributed by atoms with Gasteiger partial charge in [-0.1, -0.05) is 10.1 Å². The summed E-state index contributed by atoms with van der Waals surface area (Å²) in [5.74, 6) is 0.144. The third-order valence-electron chi connectivity index (χ3n) is 3.49. The van der Waals surface area contributed by atoms with Gasteiger partial charge in [-0.05, 0) is 43.3 Å². The second-order valence-corrected chi connectivity index (χ2v) is 5.47. The molecule has 0 unspecified atom stereocenters. The number of carbonyl (C=O) groups is 2. The minimum Gasteiger partial charge on any atom is -0.465 e. The van der Waals surface area contributed by atoms with Crippen molar-refractivity contribution in [3.8, 4) is 0 Å². The van der Waals surface area contributed by atoms with Crippen molar-refractivity contribution in [3.05, 3.63) is 76.4 Å². The molecule has 0 aliphatic heterocycles. The molecule has 0 spiro atoms. The van der Waals surface area contributed by atoms with Gasteiger partial charge in [0.2, 0.25) is 0 Å². The molecule has 2 aromatic heterocycles. The van der Waals surface area contributed by atoms with Crippen LogP contribution in [0.1, 0.15) is 39.3 Å². The van der Waals surface area contributed by atoms with Crippen molar-refractivity contribution >= 4 is 29.5 Å². The molecule has 0 radical (unpaired) electrons. The molecule has 3 rings (SSSR count). The molecule has 3 aromatic rings. The van der Waals surface area contributed by atoms with Gasteiger partial charge in [0, 0.05) is 29.4 Å². The molecule has 0 aliphatic carbocycles. The molecule has 28 heavy (non-hydrogen) atoms. The lowest BCUT2D eigenvalue weighted by molar-refractivity contribution is -0.766. The standard InChI is InChI=1S/C18H14N4O6/c1-12(23)13-4-6-14(7-5-13)22(25)28-21-19-18(24)17-11-16(27-20-17)9-8-15-3-2-10-26-15/h2-11H,1H3,(H-,19,20,21,23,24,25)/p+1/b9-8-. The van der Waals surface area contributed by atoms with Gasteiger partial charge in [0.05, 0.1) is 11.2 Å². The summed E-state index contributed by atoms with van der Waals surface area (Å²) in [4.78, 5) is 39.7. The van der Waals surface area contributed by atoms with Crippen molar-refractivity contribution in [3.63, 3.8) is 0 Å². The number of benzene rings is 1. The van der Waals surface area contributed by atoms with Crippen LogP contribution in [0.2, 0.25) is 0 Å². The zero-order chi connectivity index (χ0) is 19.9. The average Bonchev–Trinajstić information content (AvgIpc) is 3.38. The van der Waals surface area contributed by atoms with Gasteiger partial charge in [-0.25, -0.2) is 5.43 Å². The first kappa shape index (κ1) is 18.7. The maximum Gasteiger partial charge on any atom is 0.319 e. The van der Waals surface area contributed by atoms with Gasteiger partial charge < -0.3 is 8.94 Å². The Labute approximate surface area is 158 Å². The summed E-state index contributed by atoms with van der Waals surface area (Å²) < 4.78 is 10.1. The van der Waals surface area contributed by atoms with Crippen molar-refractivity contribution < 1.29 is 28.4 Å². The smallest absolute Gasteiger partial charge is 0.319 e. The van der Waals surface area contributed by atoms with Crippen LogP contribution in [-0.4, -0.2) is 21.8 Å². The SMILES string of the molecule is CC(=O)c1ccc([N+](=O)ONNC(=O)c2cc(/C=C\c3ccco3)on2)cc1. The first-order valence-electron chi connectivity index (χ1n) is 8.02. The Kier molecular flexibility index (Phi) is 5.72. The molecule has 2 N–H and O–H groups in total. The summed E-state index contributed by atoms with van der Waals surface area (Å²) in [5.41, 5.74) is 4.71. The minimum atomic E-state index is -0.679. The molecule has 10 nitrogen and oxygen atoms in total. The Morgan fingerprint density at radius 3 is 2.57 bits per heavy atom. The predicted octanol–water partition coefficient (Wildman–Crippen LogP) is 2.83. The van der Waals surface area contributed by atoms with Gasteiger partial charge in [-0.3, -0.25) is 9.59 Å². The highest BCUT2D eigenvalue weighted by atomic mass is 16.9. The number of ketones is 1. The molecular weight excluding hydrogens is 368 g/mol. The number of hydrogen-bond donors (Lipinski definition) is 2. The Bertz CT molecular complexity index is 1010. The number of nitrogens with one attached hydrogen (secondary N) is 2. The fourth-order valence-corrected chi connectivity index (χ4v) is 2.07. The summed E-state index contributed by atoms with van der Waals surface area (Å²) in [7, 11) is 0. The second-order valence-electron chi connectivity index (χ2n) is 5.47. The van der Waals surface area contributed by atoms with Crippen molar-refractivity contribution in [1.82, 2.24) is 16.2 Å². The quantitative estimate of drug-likeness (QED) is 0.449. The molecule has 0 atom stereocenters. The number of hydrazine groups is 1. The van der Waals surface area contributed by atoms with Crippen molar-refractivity contribution in [1.29, 1.82) is 0 Å². The molecule has 0 aliphatic rings. The predicted molar refractivity (Wildman–Crippen MR) is 95.6 cm³/mol. The first-order valence-corrected chi connectivity index (χ1v) is 8.02. The number of amides is 1. The van der Waals surface area contributed by atoms with E-state index in [0.717, 1.165) is 0 Å². The lowest BCUT2D eigenvalue weighted by Gasteiger charge is -1.99. The Morgan fingerprint density at radius 2 is 1.89 bits per heavy atom. The van der Waals surface area contributed by atoms with Crippen molar-refractivity contribution in [2.24, 2.45) is 0 Å². The van der Waals surface area contributed by atoms with Crippen molar-refractivity contribution in [2.45, 2.75) is 6.92 Å². The number of carbonyl (C=O) groups excluding carboxylic acids is 2. The zero-order valence-electron chi connectivity index (χ0n) is 14.6. The molecule has 0 saturated carbocycles. The maximum absolute atomic E-state index is 12.0. The molecule has 10 heteroatoms. The van der Waals surface area contributed by atoms with Crippen LogP contribution in [0.3, 0.4) is 0 Å². The Morgan fingerprint density at radius 1 is 1.14 bits per heavy atom. The number of aromatic nitrogens is 1. The Hall–Kier alpha value is -4.05. The molecule has 2 heterocycles. The topological polar surface area (TPSA) is 127 Å². The van der Waals surface area contributed by atoms with E-state index < -0.39 is 5.91 Å². The largest absolute Gasteiger partial charge is 0.465 e. The van der Waals surface area contributed by atoms with Crippen LogP contribution in [0, 0.1) is 4.91 Å². The monoisotopic (exact) mass is 383 g/mol. The van der Waals surface area contributed by atoms with Crippen molar-refractivity contribution in [2.75, 3.05) is 0 Å². The highest BCUT2D eigenvalue weighted by Gasteiger charge is 2.18. The van der Waals surface area contributed by atoms with Gasteiger partial charge in [-0.15, -0.1) is 0 Å². The van der Waals surface area contributed by atoms with E-state index in [1.165, 1.54) is 43.5 Å². The third-order valence-corrected chi connectivity index (χ3v) is 3.49. The van der Waals surface area contributed by atoms with Crippen LogP contribution in [-0.2, 0) is 4.94 Å². The van der Waals surface area contributed by atoms with Crippen LogP contribution in [0.25, 0.3) is 12.2 Å². The van der Waals surface area contributed by atoms with Crippen LogP contribution in [0.5, 0.6) is 0 Å². The van der Waals surface area contributed by atoms with Gasteiger partial charge >= 0.3 is 5.69 Å². The molecule has 142 valence electrons. The van der Waals surface area contributed by atoms with E-state index in [2.05, 4.69) is 15.5 Å². The minimum absolute atomic E-state index is 0.0292. The maximum atomic E-state index is 12.0. The highest BCUT2D eigenvalue weighted by Crippen LogP contribution is 2.13. The second kappa shape index (κ2) is 8.56. The van der Waals surface area contributed by atoms with E-state index in [1.807, 2.05) is 5.59 Å². The molecule has 0 bridgehead atoms. The van der Waals surface area contributed by atoms with Crippen LogP contribution < -0.4 is 11.0 Å². The van der Waals surface area contributed by atoms with Gasteiger partial charge in [0.15, 0.2) is 17.2 Å². The molecule has 1 aromatic carbocycles. The number of nitrogens with zero attached hydrogens (tertiary/aromatic N) is 2. The first-order chi connectivity index (χ1) is 13.5. The van der Waals surface area contributed by atoms with Crippen LogP contribution in [0.4, 0.5) is 5.69 Å². The Balaban J connectivity index is 1.49. The third kappa shape index (κ3) is 4.77. The number of rotatable bonds is 8. The average molecular weight is 383 g/mol. The summed E-state index contributed by atoms with van der Waals surface area (Å²) >= 11 is 0. The van der Waals surface area contributed by atoms with E-state index in [-0.39, 0.29) is 22.1 Å². The lowest BCUT2D eigenvalue weighted by Crippen LogP contribution is -2.39. The van der Waals surface area contributed by atoms with Crippen LogP contribution in [0.15, 0.2) is 57.7 Å². The fourth-order valence-electron chi connectivity index (χ4n) is 2.07. The molecule has 1 amide bonds. The zero-order valence-corrected chi connectivity index (χ0v) is 14.6. The lowest BCUT2D eigenvalue weighted by atomic mass is 10.1. The normalized spacial score (nSPS) is 10.8. The summed E-state index contributed by atoms with van der Waals surface area (Å²) in [5, 5.41) is 3.61. The van der Waals surface area contributed by atoms with Gasteiger partial charge in [0.1, 0.15) is 5.76 Å². The van der Waals surface area contributed by atoms with E-state index in [1.54, 1.807) is 24.3 Å². The molecule has 0 saturated heterocycles. The summed E-state index contributed by atoms with van der Waals surface area (Å²) in [6, 6.07) is 10.7. The van der Waals surface area contributed by atoms with Crippen LogP contribution >= 0.6 is 0 Å². The molecule has 0 fully saturated rings. The molecular formula is C18H15N4O6+. The fraction of sp³-hybridized carbons (Fsp3) is 0.0556. The van der Waals surface area contributed by atoms with E-state index in [0.29, 0.717) is 17.1 Å². The number of furan rings is 1. The van der Waals surface area contributed by atoms with E-state index >= 15 is 0 Å². The summed E-state index contributed by atoms with van der Waals surface area (Å²) in [6.45, 7) is 1.42.